The summed E-state index contributed by atoms with van der Waals surface area (Å²) in [5.74, 6) is 0.852. The molecule has 182 valence electrons. The van der Waals surface area contributed by atoms with Gasteiger partial charge in [-0.25, -0.2) is 4.68 Å². The predicted molar refractivity (Wildman–Crippen MR) is 120 cm³/mol. The molecule has 0 spiro atoms. The number of nitrogens with zero attached hydrogens (tertiary/aromatic N) is 6. The van der Waals surface area contributed by atoms with Gasteiger partial charge in [-0.1, -0.05) is 6.07 Å². The fraction of sp³-hybridized carbons (Fsp3) is 0.500. The van der Waals surface area contributed by atoms with E-state index in [1.807, 2.05) is 23.9 Å². The third-order valence-corrected chi connectivity index (χ3v) is 6.15. The molecule has 1 aliphatic heterocycles. The lowest BCUT2D eigenvalue weighted by atomic mass is 9.90. The average molecular weight is 477 g/mol. The van der Waals surface area contributed by atoms with Crippen molar-refractivity contribution in [2.24, 2.45) is 0 Å². The van der Waals surface area contributed by atoms with Crippen LogP contribution in [0.5, 0.6) is 0 Å². The molecule has 1 saturated carbocycles. The Labute approximate surface area is 193 Å². The number of nitrogens with one attached hydrogen (secondary N) is 1. The molecule has 2 aliphatic rings. The minimum Gasteiger partial charge on any atom is -0.393 e. The molecule has 12 heteroatoms. The van der Waals surface area contributed by atoms with Crippen LogP contribution in [-0.4, -0.2) is 86.3 Å². The van der Waals surface area contributed by atoms with Crippen molar-refractivity contribution in [2.75, 3.05) is 43.9 Å². The summed E-state index contributed by atoms with van der Waals surface area (Å²) in [6, 6.07) is 4.92. The Morgan fingerprint density at radius 3 is 2.59 bits per heavy atom. The molecule has 0 atom stereocenters. The Hall–Kier alpha value is -2.96. The standard InChI is InChI=1S/C22H26F3N7O2/c1-30(2)10-21(34)11-31(12-21)18-17-9-26-32(15-5-3-4-13(6-15)22(23,24)25)19(17)29-20(28-18)27-14-7-16(33)8-14/h3-6,9,14,16,33-34H,7-8,10-12H2,1-2H3,(H,27,28,29). The molecule has 5 rings (SSSR count). The van der Waals surface area contributed by atoms with E-state index in [4.69, 9.17) is 0 Å². The van der Waals surface area contributed by atoms with Crippen LogP contribution in [0.1, 0.15) is 18.4 Å². The maximum Gasteiger partial charge on any atom is 0.416 e. The van der Waals surface area contributed by atoms with E-state index in [-0.39, 0.29) is 17.8 Å². The van der Waals surface area contributed by atoms with Crippen LogP contribution in [0.25, 0.3) is 16.7 Å². The average Bonchev–Trinajstić information content (AvgIpc) is 3.13. The molecule has 0 bridgehead atoms. The third-order valence-electron chi connectivity index (χ3n) is 6.15. The van der Waals surface area contributed by atoms with Crippen molar-refractivity contribution in [3.63, 3.8) is 0 Å². The van der Waals surface area contributed by atoms with Crippen LogP contribution >= 0.6 is 0 Å². The van der Waals surface area contributed by atoms with Crippen molar-refractivity contribution >= 4 is 22.8 Å². The number of fused-ring (bicyclic) bond motifs is 1. The van der Waals surface area contributed by atoms with E-state index in [9.17, 15) is 23.4 Å². The summed E-state index contributed by atoms with van der Waals surface area (Å²) in [7, 11) is 3.77. The second-order valence-electron chi connectivity index (χ2n) is 9.50. The van der Waals surface area contributed by atoms with E-state index < -0.39 is 17.3 Å². The molecule has 3 aromatic rings. The zero-order valence-electron chi connectivity index (χ0n) is 18.8. The van der Waals surface area contributed by atoms with E-state index in [0.717, 1.165) is 12.1 Å². The van der Waals surface area contributed by atoms with Crippen LogP contribution in [0.4, 0.5) is 24.9 Å². The second kappa shape index (κ2) is 8.07. The van der Waals surface area contributed by atoms with E-state index in [1.54, 1.807) is 0 Å². The number of hydrogen-bond acceptors (Lipinski definition) is 8. The fourth-order valence-corrected chi connectivity index (χ4v) is 4.59. The maximum absolute atomic E-state index is 13.3. The highest BCUT2D eigenvalue weighted by Crippen LogP contribution is 2.35. The minimum absolute atomic E-state index is 0.00675. The summed E-state index contributed by atoms with van der Waals surface area (Å²) in [4.78, 5) is 13.0. The lowest BCUT2D eigenvalue weighted by molar-refractivity contribution is -0.137. The number of aliphatic hydroxyl groups is 2. The molecule has 2 fully saturated rings. The largest absolute Gasteiger partial charge is 0.416 e. The van der Waals surface area contributed by atoms with Gasteiger partial charge in [0.2, 0.25) is 5.95 Å². The first-order chi connectivity index (χ1) is 16.0. The summed E-state index contributed by atoms with van der Waals surface area (Å²) < 4.78 is 41.2. The van der Waals surface area contributed by atoms with Crippen LogP contribution in [0.15, 0.2) is 30.5 Å². The van der Waals surface area contributed by atoms with Crippen molar-refractivity contribution in [1.82, 2.24) is 24.6 Å². The summed E-state index contributed by atoms with van der Waals surface area (Å²) in [6.45, 7) is 1.20. The zero-order valence-corrected chi connectivity index (χ0v) is 18.8. The summed E-state index contributed by atoms with van der Waals surface area (Å²) in [6.07, 6.45) is -2.18. The SMILES string of the molecule is CN(C)CC1(O)CN(c2nc(NC3CC(O)C3)nc3c2cnn3-c2cccc(C(F)(F)F)c2)C1. The van der Waals surface area contributed by atoms with Crippen molar-refractivity contribution < 1.29 is 23.4 Å². The lowest BCUT2D eigenvalue weighted by Gasteiger charge is -2.48. The Kier molecular flexibility index (Phi) is 5.41. The highest BCUT2D eigenvalue weighted by molar-refractivity contribution is 5.89. The van der Waals surface area contributed by atoms with E-state index in [0.29, 0.717) is 55.3 Å². The van der Waals surface area contributed by atoms with E-state index in [1.165, 1.54) is 23.0 Å². The van der Waals surface area contributed by atoms with E-state index in [2.05, 4.69) is 20.4 Å². The summed E-state index contributed by atoms with van der Waals surface area (Å²) >= 11 is 0. The number of benzene rings is 1. The van der Waals surface area contributed by atoms with Crippen LogP contribution in [0.3, 0.4) is 0 Å². The van der Waals surface area contributed by atoms with Gasteiger partial charge >= 0.3 is 6.18 Å². The quantitative estimate of drug-likeness (QED) is 0.495. The maximum atomic E-state index is 13.3. The molecule has 2 aromatic heterocycles. The molecule has 0 amide bonds. The molecular formula is C22H26F3N7O2. The number of aromatic nitrogens is 4. The number of hydrogen-bond donors (Lipinski definition) is 3. The van der Waals surface area contributed by atoms with Crippen LogP contribution in [-0.2, 0) is 6.18 Å². The first-order valence-electron chi connectivity index (χ1n) is 11.0. The van der Waals surface area contributed by atoms with Crippen LogP contribution in [0, 0.1) is 0 Å². The number of alkyl halides is 3. The predicted octanol–water partition coefficient (Wildman–Crippen LogP) is 1.88. The number of rotatable bonds is 6. The van der Waals surface area contributed by atoms with E-state index >= 15 is 0 Å². The Balaban J connectivity index is 1.54. The Bertz CT molecular complexity index is 1200. The number of β-amino-alcohol motifs (C(OH)–C–C–N with tert-alkyl or cyclic N) is 1. The van der Waals surface area contributed by atoms with Gasteiger partial charge in [0.15, 0.2) is 5.65 Å². The van der Waals surface area contributed by atoms with Gasteiger partial charge in [0.05, 0.1) is 42.0 Å². The Morgan fingerprint density at radius 2 is 1.94 bits per heavy atom. The normalized spacial score (nSPS) is 22.1. The minimum atomic E-state index is -4.48. The number of anilines is 2. The van der Waals surface area contributed by atoms with Crippen LogP contribution < -0.4 is 10.2 Å². The molecule has 0 radical (unpaired) electrons. The molecule has 3 N–H and O–H groups in total. The van der Waals surface area contributed by atoms with Crippen LogP contribution in [0.2, 0.25) is 0 Å². The van der Waals surface area contributed by atoms with Gasteiger partial charge in [-0.15, -0.1) is 0 Å². The lowest BCUT2D eigenvalue weighted by Crippen LogP contribution is -2.66. The molecule has 34 heavy (non-hydrogen) atoms. The van der Waals surface area contributed by atoms with Gasteiger partial charge in [0.25, 0.3) is 0 Å². The number of aliphatic hydroxyl groups excluding tert-OH is 1. The van der Waals surface area contributed by atoms with Gasteiger partial charge in [-0.05, 0) is 45.1 Å². The fourth-order valence-electron chi connectivity index (χ4n) is 4.59. The number of likely N-dealkylation sites (N-methyl/N-ethyl adjacent to an activating group) is 1. The molecular weight excluding hydrogens is 451 g/mol. The topological polar surface area (TPSA) is 103 Å². The smallest absolute Gasteiger partial charge is 0.393 e. The molecule has 9 nitrogen and oxygen atoms in total. The highest BCUT2D eigenvalue weighted by Gasteiger charge is 2.43. The van der Waals surface area contributed by atoms with Gasteiger partial charge in [-0.2, -0.15) is 28.2 Å². The molecule has 3 heterocycles. The molecule has 1 aliphatic carbocycles. The van der Waals surface area contributed by atoms with Gasteiger partial charge < -0.3 is 25.3 Å². The first-order valence-corrected chi connectivity index (χ1v) is 11.0. The number of halogens is 3. The van der Waals surface area contributed by atoms with Crippen molar-refractivity contribution in [3.8, 4) is 5.69 Å². The first kappa shape index (κ1) is 22.8. The van der Waals surface area contributed by atoms with Gasteiger partial charge in [0, 0.05) is 12.6 Å². The zero-order chi connectivity index (χ0) is 24.3. The van der Waals surface area contributed by atoms with Crippen molar-refractivity contribution in [1.29, 1.82) is 0 Å². The highest BCUT2D eigenvalue weighted by atomic mass is 19.4. The summed E-state index contributed by atoms with van der Waals surface area (Å²) in [5.41, 5.74) is -1.08. The molecule has 1 saturated heterocycles. The monoisotopic (exact) mass is 477 g/mol. The second-order valence-corrected chi connectivity index (χ2v) is 9.50. The molecule has 1 aromatic carbocycles. The van der Waals surface area contributed by atoms with Gasteiger partial charge in [-0.3, -0.25) is 0 Å². The summed E-state index contributed by atoms with van der Waals surface area (Å²) in [5, 5.41) is 28.5. The van der Waals surface area contributed by atoms with Crippen molar-refractivity contribution in [3.05, 3.63) is 36.0 Å². The Morgan fingerprint density at radius 1 is 1.21 bits per heavy atom. The van der Waals surface area contributed by atoms with Gasteiger partial charge in [0.1, 0.15) is 11.4 Å². The molecule has 0 unspecified atom stereocenters. The third kappa shape index (κ3) is 4.28. The van der Waals surface area contributed by atoms with Crippen molar-refractivity contribution in [2.45, 2.75) is 36.8 Å².